The van der Waals surface area contributed by atoms with Gasteiger partial charge in [0.1, 0.15) is 0 Å². The lowest BCUT2D eigenvalue weighted by Crippen LogP contribution is -2.32. The zero-order valence-corrected chi connectivity index (χ0v) is 18.8. The average Bonchev–Trinajstić information content (AvgIpc) is 3.16. The summed E-state index contributed by atoms with van der Waals surface area (Å²) in [5.74, 6) is 0. The predicted molar refractivity (Wildman–Crippen MR) is 138 cm³/mol. The molecule has 0 unspecified atom stereocenters. The molecule has 1 nitrogen and oxygen atoms in total. The fraction of sp³-hybridized carbons (Fsp3) is 0.0323. The molecule has 2 N–H and O–H groups in total. The molecule has 0 saturated carbocycles. The maximum atomic E-state index is 6.40. The number of para-hydroxylation sites is 1. The van der Waals surface area contributed by atoms with Gasteiger partial charge in [-0.3, -0.25) is 0 Å². The third-order valence-electron chi connectivity index (χ3n) is 7.12. The largest absolute Gasteiger partial charge is 0.398 e. The number of nitrogen functional groups attached to an aromatic ring is 1. The number of anilines is 1. The van der Waals surface area contributed by atoms with Gasteiger partial charge in [0.25, 0.3) is 0 Å². The molecule has 1 spiro atoms. The van der Waals surface area contributed by atoms with Crippen LogP contribution in [0.1, 0.15) is 22.3 Å². The Hall–Kier alpha value is -3.75. The van der Waals surface area contributed by atoms with E-state index in [2.05, 4.69) is 103 Å². The van der Waals surface area contributed by atoms with Gasteiger partial charge in [-0.05, 0) is 63.2 Å². The lowest BCUT2D eigenvalue weighted by Gasteiger charge is -2.40. The highest BCUT2D eigenvalue weighted by molar-refractivity contribution is 7.99. The fourth-order valence-corrected chi connectivity index (χ4v) is 6.96. The van der Waals surface area contributed by atoms with Crippen molar-refractivity contribution in [3.8, 4) is 22.3 Å². The van der Waals surface area contributed by atoms with Crippen LogP contribution in [0.25, 0.3) is 22.3 Å². The van der Waals surface area contributed by atoms with Crippen molar-refractivity contribution in [1.82, 2.24) is 0 Å². The van der Waals surface area contributed by atoms with E-state index in [0.717, 1.165) is 16.8 Å². The predicted octanol–water partition coefficient (Wildman–Crippen LogP) is 7.76. The number of hydrogen-bond acceptors (Lipinski definition) is 2. The number of hydrogen-bond donors (Lipinski definition) is 1. The SMILES string of the molecule is Nc1ccccc1-c1ccc2c(c1)C1(c3ccccc3S2)c2ccccc2-c2ccccc21. The molecule has 0 amide bonds. The van der Waals surface area contributed by atoms with Crippen LogP contribution < -0.4 is 5.73 Å². The van der Waals surface area contributed by atoms with Gasteiger partial charge in [0, 0.05) is 21.0 Å². The van der Waals surface area contributed by atoms with Crippen LogP contribution in [0, 0.1) is 0 Å². The van der Waals surface area contributed by atoms with E-state index in [1.54, 1.807) is 0 Å². The summed E-state index contributed by atoms with van der Waals surface area (Å²) in [6.07, 6.45) is 0. The second-order valence-electron chi connectivity index (χ2n) is 8.74. The van der Waals surface area contributed by atoms with Crippen LogP contribution in [0.4, 0.5) is 5.69 Å². The van der Waals surface area contributed by atoms with Crippen LogP contribution in [0.15, 0.2) is 125 Å². The number of benzene rings is 5. The van der Waals surface area contributed by atoms with E-state index >= 15 is 0 Å². The second-order valence-corrected chi connectivity index (χ2v) is 9.82. The van der Waals surface area contributed by atoms with E-state index in [1.165, 1.54) is 43.2 Å². The lowest BCUT2D eigenvalue weighted by molar-refractivity contribution is 0.723. The highest BCUT2D eigenvalue weighted by Crippen LogP contribution is 2.62. The van der Waals surface area contributed by atoms with E-state index in [9.17, 15) is 0 Å². The summed E-state index contributed by atoms with van der Waals surface area (Å²) in [4.78, 5) is 2.63. The Balaban J connectivity index is 1.63. The zero-order valence-electron chi connectivity index (χ0n) is 18.0. The van der Waals surface area contributed by atoms with Crippen molar-refractivity contribution in [3.63, 3.8) is 0 Å². The Morgan fingerprint density at radius 3 is 1.73 bits per heavy atom. The molecule has 0 aromatic heterocycles. The molecule has 1 heterocycles. The van der Waals surface area contributed by atoms with Gasteiger partial charge in [0.2, 0.25) is 0 Å². The molecule has 0 atom stereocenters. The summed E-state index contributed by atoms with van der Waals surface area (Å²) >= 11 is 1.87. The van der Waals surface area contributed by atoms with Gasteiger partial charge in [-0.2, -0.15) is 0 Å². The minimum Gasteiger partial charge on any atom is -0.398 e. The Kier molecular flexibility index (Phi) is 3.91. The van der Waals surface area contributed by atoms with Gasteiger partial charge in [0.15, 0.2) is 0 Å². The van der Waals surface area contributed by atoms with Crippen molar-refractivity contribution in [3.05, 3.63) is 138 Å². The monoisotopic (exact) mass is 439 g/mol. The zero-order chi connectivity index (χ0) is 22.0. The topological polar surface area (TPSA) is 26.0 Å². The molecule has 0 saturated heterocycles. The minimum atomic E-state index is -0.343. The molecule has 5 aromatic rings. The molecular weight excluding hydrogens is 418 g/mol. The van der Waals surface area contributed by atoms with E-state index < -0.39 is 0 Å². The maximum absolute atomic E-state index is 6.40. The number of nitrogens with two attached hydrogens (primary N) is 1. The van der Waals surface area contributed by atoms with E-state index in [4.69, 9.17) is 5.73 Å². The molecule has 0 fully saturated rings. The van der Waals surface area contributed by atoms with Crippen molar-refractivity contribution < 1.29 is 0 Å². The first-order valence-electron chi connectivity index (χ1n) is 11.2. The molecule has 1 aliphatic carbocycles. The summed E-state index contributed by atoms with van der Waals surface area (Å²) in [6.45, 7) is 0. The van der Waals surface area contributed by atoms with Crippen LogP contribution in [-0.2, 0) is 5.41 Å². The summed E-state index contributed by atoms with van der Waals surface area (Å²) in [5, 5.41) is 0. The minimum absolute atomic E-state index is 0.343. The summed E-state index contributed by atoms with van der Waals surface area (Å²) in [7, 11) is 0. The molecule has 7 rings (SSSR count). The Bertz CT molecular complexity index is 1520. The van der Waals surface area contributed by atoms with Gasteiger partial charge in [0.05, 0.1) is 5.41 Å². The van der Waals surface area contributed by atoms with Gasteiger partial charge < -0.3 is 5.73 Å². The van der Waals surface area contributed by atoms with E-state index in [0.29, 0.717) is 0 Å². The van der Waals surface area contributed by atoms with Crippen molar-refractivity contribution >= 4 is 17.4 Å². The average molecular weight is 440 g/mol. The van der Waals surface area contributed by atoms with Crippen LogP contribution in [-0.4, -0.2) is 0 Å². The van der Waals surface area contributed by atoms with E-state index in [-0.39, 0.29) is 5.41 Å². The van der Waals surface area contributed by atoms with Gasteiger partial charge in [-0.25, -0.2) is 0 Å². The number of fused-ring (bicyclic) bond motifs is 9. The van der Waals surface area contributed by atoms with Gasteiger partial charge in [-0.15, -0.1) is 0 Å². The summed E-state index contributed by atoms with van der Waals surface area (Å²) < 4.78 is 0. The highest BCUT2D eigenvalue weighted by atomic mass is 32.2. The molecule has 33 heavy (non-hydrogen) atoms. The van der Waals surface area contributed by atoms with Crippen LogP contribution in [0.2, 0.25) is 0 Å². The molecule has 156 valence electrons. The fourth-order valence-electron chi connectivity index (χ4n) is 5.78. The Morgan fingerprint density at radius 2 is 1.03 bits per heavy atom. The molecular formula is C31H21NS. The highest BCUT2D eigenvalue weighted by Gasteiger charge is 2.50. The standard InChI is InChI=1S/C31H21NS/c32-28-15-7-3-9-21(28)20-17-18-30-27(19-20)31(26-14-6-8-16-29(26)33-30)24-12-4-1-10-22(24)23-11-2-5-13-25(23)31/h1-19H,32H2. The number of rotatable bonds is 1. The first-order chi connectivity index (χ1) is 16.3. The van der Waals surface area contributed by atoms with Crippen molar-refractivity contribution in [1.29, 1.82) is 0 Å². The molecule has 0 bridgehead atoms. The maximum Gasteiger partial charge on any atom is 0.0735 e. The quantitative estimate of drug-likeness (QED) is 0.264. The molecule has 2 aliphatic rings. The molecule has 0 radical (unpaired) electrons. The van der Waals surface area contributed by atoms with E-state index in [1.807, 2.05) is 23.9 Å². The van der Waals surface area contributed by atoms with Crippen LogP contribution in [0.3, 0.4) is 0 Å². The Morgan fingerprint density at radius 1 is 0.485 bits per heavy atom. The third kappa shape index (κ3) is 2.44. The van der Waals surface area contributed by atoms with Gasteiger partial charge >= 0.3 is 0 Å². The lowest BCUT2D eigenvalue weighted by atomic mass is 9.67. The van der Waals surface area contributed by atoms with Crippen LogP contribution >= 0.6 is 11.8 Å². The molecule has 1 aliphatic heterocycles. The van der Waals surface area contributed by atoms with Crippen molar-refractivity contribution in [2.24, 2.45) is 0 Å². The normalized spacial score (nSPS) is 14.3. The Labute approximate surface area is 197 Å². The smallest absolute Gasteiger partial charge is 0.0735 e. The third-order valence-corrected chi connectivity index (χ3v) is 8.27. The second kappa shape index (κ2) is 6.87. The van der Waals surface area contributed by atoms with Crippen molar-refractivity contribution in [2.45, 2.75) is 15.2 Å². The molecule has 2 heteroatoms. The first-order valence-corrected chi connectivity index (χ1v) is 12.1. The summed E-state index contributed by atoms with van der Waals surface area (Å²) in [6, 6.07) is 41.8. The summed E-state index contributed by atoms with van der Waals surface area (Å²) in [5.41, 5.74) is 17.2. The van der Waals surface area contributed by atoms with Crippen molar-refractivity contribution in [2.75, 3.05) is 5.73 Å². The molecule has 5 aromatic carbocycles. The first kappa shape index (κ1) is 18.8. The van der Waals surface area contributed by atoms with Crippen LogP contribution in [0.5, 0.6) is 0 Å². The van der Waals surface area contributed by atoms with Gasteiger partial charge in [-0.1, -0.05) is 103 Å².